The van der Waals surface area contributed by atoms with Gasteiger partial charge in [0.2, 0.25) is 17.7 Å². The van der Waals surface area contributed by atoms with Gasteiger partial charge in [-0.15, -0.1) is 0 Å². The predicted molar refractivity (Wildman–Crippen MR) is 129 cm³/mol. The third-order valence-corrected chi connectivity index (χ3v) is 5.89. The summed E-state index contributed by atoms with van der Waals surface area (Å²) < 4.78 is 0. The number of carboxylic acids is 1. The number of nitrogens with zero attached hydrogens (tertiary/aromatic N) is 1. The zero-order chi connectivity index (χ0) is 25.7. The monoisotopic (exact) mass is 503 g/mol. The lowest BCUT2D eigenvalue weighted by atomic mass is 10.1. The van der Waals surface area contributed by atoms with Crippen molar-refractivity contribution in [1.82, 2.24) is 21.3 Å². The Hall–Kier alpha value is -2.58. The molecule has 5 atom stereocenters. The smallest absolute Gasteiger partial charge is 0.328 e. The molecule has 0 saturated carbocycles. The number of thioether (sulfide) groups is 1. The molecule has 0 aliphatic carbocycles. The molecule has 13 nitrogen and oxygen atoms in total. The second-order valence-electron chi connectivity index (χ2n) is 8.07. The molecule has 14 heteroatoms. The van der Waals surface area contributed by atoms with E-state index in [1.165, 1.54) is 18.7 Å². The van der Waals surface area contributed by atoms with Crippen molar-refractivity contribution in [2.75, 3.05) is 25.1 Å². The Labute approximate surface area is 203 Å². The van der Waals surface area contributed by atoms with Crippen LogP contribution in [0.4, 0.5) is 0 Å². The summed E-state index contributed by atoms with van der Waals surface area (Å²) >= 11 is 1.45. The minimum atomic E-state index is -1.52. The molecule has 0 radical (unpaired) electrons. The molecule has 0 spiro atoms. The molecular weight excluding hydrogens is 466 g/mol. The summed E-state index contributed by atoms with van der Waals surface area (Å²) in [6, 6.07) is -3.92. The Morgan fingerprint density at radius 3 is 2.29 bits per heavy atom. The number of nitrogens with one attached hydrogen (secondary N) is 4. The molecule has 0 aromatic heterocycles. The van der Waals surface area contributed by atoms with Crippen molar-refractivity contribution in [1.29, 1.82) is 0 Å². The number of guanidine groups is 1. The van der Waals surface area contributed by atoms with Gasteiger partial charge in [-0.05, 0) is 57.6 Å². The van der Waals surface area contributed by atoms with Crippen LogP contribution in [-0.4, -0.2) is 95.2 Å². The molecule has 10 N–H and O–H groups in total. The highest BCUT2D eigenvalue weighted by Gasteiger charge is 2.32. The molecule has 1 saturated heterocycles. The minimum absolute atomic E-state index is 0.0833. The van der Waals surface area contributed by atoms with Crippen LogP contribution in [0.2, 0.25) is 0 Å². The van der Waals surface area contributed by atoms with E-state index in [0.29, 0.717) is 25.1 Å². The van der Waals surface area contributed by atoms with Gasteiger partial charge in [0.1, 0.15) is 12.1 Å². The van der Waals surface area contributed by atoms with Crippen molar-refractivity contribution in [3.05, 3.63) is 0 Å². The minimum Gasteiger partial charge on any atom is -0.480 e. The van der Waals surface area contributed by atoms with Crippen molar-refractivity contribution in [2.24, 2.45) is 16.5 Å². The van der Waals surface area contributed by atoms with Gasteiger partial charge in [-0.2, -0.15) is 11.8 Å². The van der Waals surface area contributed by atoms with Crippen molar-refractivity contribution < 1.29 is 29.4 Å². The van der Waals surface area contributed by atoms with Crippen LogP contribution in [-0.2, 0) is 19.2 Å². The fraction of sp³-hybridized carbons (Fsp3) is 0.750. The molecule has 3 amide bonds. The van der Waals surface area contributed by atoms with Crippen molar-refractivity contribution in [2.45, 2.75) is 69.3 Å². The van der Waals surface area contributed by atoms with Gasteiger partial charge < -0.3 is 42.9 Å². The number of rotatable bonds is 15. The van der Waals surface area contributed by atoms with E-state index in [2.05, 4.69) is 26.3 Å². The van der Waals surface area contributed by atoms with E-state index in [4.69, 9.17) is 11.5 Å². The molecule has 0 aromatic carbocycles. The molecule has 1 aliphatic heterocycles. The summed E-state index contributed by atoms with van der Waals surface area (Å²) in [5.41, 5.74) is 10.6. The van der Waals surface area contributed by atoms with E-state index in [1.807, 2.05) is 6.26 Å². The normalized spacial score (nSPS) is 18.7. The summed E-state index contributed by atoms with van der Waals surface area (Å²) in [5, 5.41) is 29.6. The van der Waals surface area contributed by atoms with Crippen LogP contribution in [0.1, 0.15) is 39.0 Å². The maximum atomic E-state index is 13.1. The second kappa shape index (κ2) is 15.3. The number of carboxylic acid groups (broad SMARTS) is 1. The van der Waals surface area contributed by atoms with Gasteiger partial charge in [0, 0.05) is 6.54 Å². The number of carbonyl (C=O) groups excluding carboxylic acids is 3. The number of aliphatic hydroxyl groups is 1. The summed E-state index contributed by atoms with van der Waals surface area (Å²) in [6.45, 7) is 2.22. The standard InChI is InChI=1S/C20H37N7O6S/c1-11(28)15(19(32)33)27-18(31)14(7-10-34-2)26-17(30)13(6-4-9-24-20(21)22)25-16(29)12-5-3-8-23-12/h11-15,23,28H,3-10H2,1-2H3,(H,25,29)(H,26,30)(H,27,31)(H,32,33)(H4,21,22,24). The zero-order valence-electron chi connectivity index (χ0n) is 19.6. The van der Waals surface area contributed by atoms with Crippen molar-refractivity contribution in [3.63, 3.8) is 0 Å². The quantitative estimate of drug-likeness (QED) is 0.0664. The van der Waals surface area contributed by atoms with Crippen LogP contribution in [0.25, 0.3) is 0 Å². The Morgan fingerprint density at radius 1 is 1.12 bits per heavy atom. The first-order valence-corrected chi connectivity index (χ1v) is 12.6. The fourth-order valence-corrected chi connectivity index (χ4v) is 3.84. The molecule has 1 rings (SSSR count). The van der Waals surface area contributed by atoms with Gasteiger partial charge in [0.15, 0.2) is 12.0 Å². The molecule has 194 valence electrons. The van der Waals surface area contributed by atoms with Gasteiger partial charge in [0.05, 0.1) is 12.1 Å². The molecule has 34 heavy (non-hydrogen) atoms. The molecule has 1 heterocycles. The maximum Gasteiger partial charge on any atom is 0.328 e. The molecule has 0 bridgehead atoms. The molecule has 1 aliphatic rings. The molecular formula is C20H37N7O6S. The summed E-state index contributed by atoms with van der Waals surface area (Å²) in [4.78, 5) is 53.6. The third-order valence-electron chi connectivity index (χ3n) is 5.24. The maximum absolute atomic E-state index is 13.1. The predicted octanol–water partition coefficient (Wildman–Crippen LogP) is -2.54. The number of hydrogen-bond acceptors (Lipinski definition) is 8. The first-order valence-electron chi connectivity index (χ1n) is 11.2. The average Bonchev–Trinajstić information content (AvgIpc) is 3.31. The van der Waals surface area contributed by atoms with Crippen LogP contribution in [0.5, 0.6) is 0 Å². The number of hydrogen-bond donors (Lipinski definition) is 8. The van der Waals surface area contributed by atoms with Gasteiger partial charge in [-0.25, -0.2) is 4.79 Å². The van der Waals surface area contributed by atoms with E-state index >= 15 is 0 Å². The fourth-order valence-electron chi connectivity index (χ4n) is 3.37. The largest absolute Gasteiger partial charge is 0.480 e. The Bertz CT molecular complexity index is 726. The topological polar surface area (TPSA) is 221 Å². The van der Waals surface area contributed by atoms with Gasteiger partial charge in [0.25, 0.3) is 0 Å². The average molecular weight is 504 g/mol. The van der Waals surface area contributed by atoms with E-state index in [1.54, 1.807) is 0 Å². The number of nitrogens with two attached hydrogens (primary N) is 2. The van der Waals surface area contributed by atoms with E-state index in [-0.39, 0.29) is 31.3 Å². The molecule has 1 fully saturated rings. The highest BCUT2D eigenvalue weighted by molar-refractivity contribution is 7.98. The summed E-state index contributed by atoms with van der Waals surface area (Å²) in [6.07, 6.45) is 2.85. The third kappa shape index (κ3) is 10.6. The second-order valence-corrected chi connectivity index (χ2v) is 9.05. The van der Waals surface area contributed by atoms with Gasteiger partial charge in [-0.3, -0.25) is 19.4 Å². The van der Waals surface area contributed by atoms with E-state index in [9.17, 15) is 29.4 Å². The van der Waals surface area contributed by atoms with Crippen LogP contribution in [0.15, 0.2) is 4.99 Å². The lowest BCUT2D eigenvalue weighted by molar-refractivity contribution is -0.145. The van der Waals surface area contributed by atoms with Crippen molar-refractivity contribution in [3.8, 4) is 0 Å². The summed E-state index contributed by atoms with van der Waals surface area (Å²) in [7, 11) is 0. The first-order chi connectivity index (χ1) is 16.1. The van der Waals surface area contributed by atoms with Crippen LogP contribution in [0, 0.1) is 0 Å². The number of aliphatic carboxylic acids is 1. The molecule has 0 aromatic rings. The number of amides is 3. The van der Waals surface area contributed by atoms with Gasteiger partial charge in [-0.1, -0.05) is 0 Å². The number of aliphatic hydroxyl groups excluding tert-OH is 1. The lowest BCUT2D eigenvalue weighted by Gasteiger charge is -2.25. The van der Waals surface area contributed by atoms with Crippen LogP contribution < -0.4 is 32.7 Å². The summed E-state index contributed by atoms with van der Waals surface area (Å²) in [5.74, 6) is -2.60. The van der Waals surface area contributed by atoms with E-state index < -0.39 is 48.1 Å². The first kappa shape index (κ1) is 29.5. The highest BCUT2D eigenvalue weighted by Crippen LogP contribution is 2.08. The van der Waals surface area contributed by atoms with Crippen molar-refractivity contribution >= 4 is 41.4 Å². The highest BCUT2D eigenvalue weighted by atomic mass is 32.2. The van der Waals surface area contributed by atoms with Gasteiger partial charge >= 0.3 is 5.97 Å². The zero-order valence-corrected chi connectivity index (χ0v) is 20.4. The molecule has 5 unspecified atom stereocenters. The lowest BCUT2D eigenvalue weighted by Crippen LogP contribution is -2.58. The Balaban J connectivity index is 2.92. The Kier molecular flexibility index (Phi) is 13.3. The van der Waals surface area contributed by atoms with Crippen LogP contribution >= 0.6 is 11.8 Å². The SMILES string of the molecule is CSCCC(NC(=O)C(CCCN=C(N)N)NC(=O)C1CCCN1)C(=O)NC(C(=O)O)C(C)O. The number of carbonyl (C=O) groups is 4. The Morgan fingerprint density at radius 2 is 1.76 bits per heavy atom. The van der Waals surface area contributed by atoms with Crippen LogP contribution in [0.3, 0.4) is 0 Å². The number of aliphatic imine (C=N–C) groups is 1. The van der Waals surface area contributed by atoms with E-state index in [0.717, 1.165) is 6.42 Å².